The SMILES string of the molecule is CC1=C(C=O)[C@H]2CC(C)(C)C[C@H]2C1=O. The van der Waals surface area contributed by atoms with Crippen molar-refractivity contribution in [3.05, 3.63) is 11.1 Å². The van der Waals surface area contributed by atoms with E-state index >= 15 is 0 Å². The first-order valence-electron chi connectivity index (χ1n) is 5.16. The van der Waals surface area contributed by atoms with E-state index in [1.165, 1.54) is 0 Å². The van der Waals surface area contributed by atoms with Crippen LogP contribution in [0, 0.1) is 17.3 Å². The molecular formula is C12H16O2. The molecule has 0 aromatic carbocycles. The molecular weight excluding hydrogens is 176 g/mol. The Bertz CT molecular complexity index is 336. The highest BCUT2D eigenvalue weighted by atomic mass is 16.1. The summed E-state index contributed by atoms with van der Waals surface area (Å²) in [5, 5.41) is 0. The molecule has 0 spiro atoms. The number of allylic oxidation sites excluding steroid dienone is 2. The van der Waals surface area contributed by atoms with Gasteiger partial charge >= 0.3 is 0 Å². The summed E-state index contributed by atoms with van der Waals surface area (Å²) in [6, 6.07) is 0. The molecule has 0 unspecified atom stereocenters. The first kappa shape index (κ1) is 9.63. The van der Waals surface area contributed by atoms with Crippen LogP contribution in [0.25, 0.3) is 0 Å². The molecule has 1 saturated carbocycles. The van der Waals surface area contributed by atoms with Crippen molar-refractivity contribution < 1.29 is 9.59 Å². The summed E-state index contributed by atoms with van der Waals surface area (Å²) in [4.78, 5) is 22.7. The average molecular weight is 192 g/mol. The standard InChI is InChI=1S/C12H16O2/c1-7-10(6-13)8-4-12(2,3)5-9(8)11(7)14/h6,8-9H,4-5H2,1-3H3/t8-,9+/m0/s1. The number of hydrogen-bond donors (Lipinski definition) is 0. The lowest BCUT2D eigenvalue weighted by Gasteiger charge is -2.17. The third kappa shape index (κ3) is 1.17. The van der Waals surface area contributed by atoms with Crippen LogP contribution in [0.3, 0.4) is 0 Å². The maximum absolute atomic E-state index is 11.8. The zero-order valence-electron chi connectivity index (χ0n) is 8.96. The smallest absolute Gasteiger partial charge is 0.162 e. The first-order valence-corrected chi connectivity index (χ1v) is 5.16. The van der Waals surface area contributed by atoms with Gasteiger partial charge in [0, 0.05) is 11.5 Å². The summed E-state index contributed by atoms with van der Waals surface area (Å²) in [7, 11) is 0. The average Bonchev–Trinajstić information content (AvgIpc) is 2.50. The molecule has 2 nitrogen and oxygen atoms in total. The molecule has 2 aliphatic rings. The van der Waals surface area contributed by atoms with Crippen LogP contribution in [0.1, 0.15) is 33.6 Å². The molecule has 2 heteroatoms. The zero-order chi connectivity index (χ0) is 10.5. The second kappa shape index (κ2) is 2.78. The molecule has 0 aromatic rings. The zero-order valence-corrected chi connectivity index (χ0v) is 8.96. The molecule has 0 heterocycles. The largest absolute Gasteiger partial charge is 0.298 e. The van der Waals surface area contributed by atoms with Gasteiger partial charge < -0.3 is 0 Å². The van der Waals surface area contributed by atoms with Crippen molar-refractivity contribution in [1.29, 1.82) is 0 Å². The molecule has 2 aliphatic carbocycles. The van der Waals surface area contributed by atoms with E-state index in [1.54, 1.807) is 6.92 Å². The molecule has 0 aromatic heterocycles. The van der Waals surface area contributed by atoms with Crippen molar-refractivity contribution >= 4 is 12.1 Å². The van der Waals surface area contributed by atoms with Crippen molar-refractivity contribution in [3.8, 4) is 0 Å². The maximum Gasteiger partial charge on any atom is 0.162 e. The lowest BCUT2D eigenvalue weighted by molar-refractivity contribution is -0.118. The van der Waals surface area contributed by atoms with Crippen LogP contribution in [-0.4, -0.2) is 12.1 Å². The van der Waals surface area contributed by atoms with Gasteiger partial charge in [0.25, 0.3) is 0 Å². The second-order valence-corrected chi connectivity index (χ2v) is 5.35. The Labute approximate surface area is 84.4 Å². The Kier molecular flexibility index (Phi) is 1.91. The van der Waals surface area contributed by atoms with Crippen molar-refractivity contribution in [2.45, 2.75) is 33.6 Å². The highest BCUT2D eigenvalue weighted by Gasteiger charge is 2.49. The predicted octanol–water partition coefficient (Wildman–Crippen LogP) is 2.14. The van der Waals surface area contributed by atoms with Gasteiger partial charge in [-0.3, -0.25) is 9.59 Å². The van der Waals surface area contributed by atoms with Gasteiger partial charge in [0.15, 0.2) is 5.78 Å². The predicted molar refractivity (Wildman–Crippen MR) is 53.8 cm³/mol. The molecule has 2 atom stereocenters. The minimum absolute atomic E-state index is 0.102. The van der Waals surface area contributed by atoms with Crippen LogP contribution in [-0.2, 0) is 9.59 Å². The summed E-state index contributed by atoms with van der Waals surface area (Å²) >= 11 is 0. The van der Waals surface area contributed by atoms with Crippen LogP contribution < -0.4 is 0 Å². The number of Topliss-reactive ketones (excluding diaryl/α,β-unsaturated/α-hetero) is 1. The summed E-state index contributed by atoms with van der Waals surface area (Å²) in [6.45, 7) is 6.14. The topological polar surface area (TPSA) is 34.1 Å². The van der Waals surface area contributed by atoms with E-state index in [2.05, 4.69) is 13.8 Å². The number of fused-ring (bicyclic) bond motifs is 1. The van der Waals surface area contributed by atoms with Crippen LogP contribution in [0.15, 0.2) is 11.1 Å². The van der Waals surface area contributed by atoms with Gasteiger partial charge in [-0.05, 0) is 36.7 Å². The van der Waals surface area contributed by atoms with Crippen molar-refractivity contribution in [1.82, 2.24) is 0 Å². The fourth-order valence-electron chi connectivity index (χ4n) is 3.03. The minimum atomic E-state index is 0.102. The summed E-state index contributed by atoms with van der Waals surface area (Å²) < 4.78 is 0. The number of ketones is 1. The molecule has 76 valence electrons. The van der Waals surface area contributed by atoms with E-state index < -0.39 is 0 Å². The van der Waals surface area contributed by atoms with Crippen molar-refractivity contribution in [2.75, 3.05) is 0 Å². The van der Waals surface area contributed by atoms with E-state index in [-0.39, 0.29) is 23.0 Å². The fourth-order valence-corrected chi connectivity index (χ4v) is 3.03. The molecule has 0 saturated heterocycles. The number of carbonyl (C=O) groups is 2. The van der Waals surface area contributed by atoms with E-state index in [9.17, 15) is 9.59 Å². The van der Waals surface area contributed by atoms with Gasteiger partial charge in [0.05, 0.1) is 0 Å². The van der Waals surface area contributed by atoms with Gasteiger partial charge in [-0.15, -0.1) is 0 Å². The monoisotopic (exact) mass is 192 g/mol. The normalized spacial score (nSPS) is 34.9. The number of rotatable bonds is 1. The molecule has 0 bridgehead atoms. The van der Waals surface area contributed by atoms with Crippen molar-refractivity contribution in [2.24, 2.45) is 17.3 Å². The van der Waals surface area contributed by atoms with Gasteiger partial charge in [-0.1, -0.05) is 13.8 Å². The van der Waals surface area contributed by atoms with Crippen LogP contribution >= 0.6 is 0 Å². The van der Waals surface area contributed by atoms with E-state index in [1.807, 2.05) is 0 Å². The van der Waals surface area contributed by atoms with Gasteiger partial charge in [0.1, 0.15) is 6.29 Å². The Morgan fingerprint density at radius 2 is 1.86 bits per heavy atom. The molecule has 0 radical (unpaired) electrons. The fraction of sp³-hybridized carbons (Fsp3) is 0.667. The van der Waals surface area contributed by atoms with Crippen LogP contribution in [0.5, 0.6) is 0 Å². The summed E-state index contributed by atoms with van der Waals surface area (Å²) in [5.41, 5.74) is 1.70. The number of carbonyl (C=O) groups excluding carboxylic acids is 2. The van der Waals surface area contributed by atoms with E-state index in [0.29, 0.717) is 5.57 Å². The number of aldehydes is 1. The lowest BCUT2D eigenvalue weighted by atomic mass is 9.87. The molecule has 0 amide bonds. The van der Waals surface area contributed by atoms with E-state index in [4.69, 9.17) is 0 Å². The quantitative estimate of drug-likeness (QED) is 0.596. The second-order valence-electron chi connectivity index (χ2n) is 5.35. The first-order chi connectivity index (χ1) is 6.46. The molecule has 1 fully saturated rings. The van der Waals surface area contributed by atoms with Crippen molar-refractivity contribution in [3.63, 3.8) is 0 Å². The number of hydrogen-bond acceptors (Lipinski definition) is 2. The summed E-state index contributed by atoms with van der Waals surface area (Å²) in [5.74, 6) is 0.530. The highest BCUT2D eigenvalue weighted by molar-refractivity contribution is 6.06. The van der Waals surface area contributed by atoms with Crippen LogP contribution in [0.2, 0.25) is 0 Å². The lowest BCUT2D eigenvalue weighted by Crippen LogP contribution is -2.12. The van der Waals surface area contributed by atoms with Gasteiger partial charge in [0.2, 0.25) is 0 Å². The Morgan fingerprint density at radius 1 is 1.29 bits per heavy atom. The summed E-state index contributed by atoms with van der Waals surface area (Å²) in [6.07, 6.45) is 2.80. The van der Waals surface area contributed by atoms with E-state index in [0.717, 1.165) is 24.7 Å². The van der Waals surface area contributed by atoms with Gasteiger partial charge in [-0.2, -0.15) is 0 Å². The van der Waals surface area contributed by atoms with Crippen LogP contribution in [0.4, 0.5) is 0 Å². The third-order valence-electron chi connectivity index (χ3n) is 3.70. The molecule has 14 heavy (non-hydrogen) atoms. The highest BCUT2D eigenvalue weighted by Crippen LogP contribution is 2.52. The molecule has 2 rings (SSSR count). The minimum Gasteiger partial charge on any atom is -0.298 e. The van der Waals surface area contributed by atoms with Gasteiger partial charge in [-0.25, -0.2) is 0 Å². The maximum atomic E-state index is 11.8. The Morgan fingerprint density at radius 3 is 2.43 bits per heavy atom. The third-order valence-corrected chi connectivity index (χ3v) is 3.70. The Balaban J connectivity index is 2.38. The molecule has 0 N–H and O–H groups in total. The Hall–Kier alpha value is -0.920. The molecule has 0 aliphatic heterocycles.